The third kappa shape index (κ3) is 3.19. The lowest BCUT2D eigenvalue weighted by atomic mass is 10.3. The van der Waals surface area contributed by atoms with Crippen molar-refractivity contribution < 1.29 is 9.66 Å². The van der Waals surface area contributed by atoms with Crippen LogP contribution in [0.1, 0.15) is 0 Å². The van der Waals surface area contributed by atoms with Gasteiger partial charge in [-0.2, -0.15) is 12.6 Å². The molecule has 0 aliphatic rings. The average molecular weight is 278 g/mol. The highest BCUT2D eigenvalue weighted by Gasteiger charge is 2.08. The molecule has 0 N–H and O–H groups in total. The number of halogens is 1. The van der Waals surface area contributed by atoms with Gasteiger partial charge in [-0.05, 0) is 6.07 Å². The third-order valence-electron chi connectivity index (χ3n) is 1.43. The van der Waals surface area contributed by atoms with Gasteiger partial charge in [-0.1, -0.05) is 15.9 Å². The predicted octanol–water partition coefficient (Wildman–Crippen LogP) is 2.67. The minimum Gasteiger partial charge on any atom is -0.492 e. The quantitative estimate of drug-likeness (QED) is 0.523. The molecule has 0 amide bonds. The molecule has 1 aromatic carbocycles. The van der Waals surface area contributed by atoms with Crippen molar-refractivity contribution in [3.05, 3.63) is 32.8 Å². The number of ether oxygens (including phenoxy) is 1. The summed E-state index contributed by atoms with van der Waals surface area (Å²) in [7, 11) is 0. The van der Waals surface area contributed by atoms with Crippen LogP contribution in [-0.4, -0.2) is 17.3 Å². The first-order valence-electron chi connectivity index (χ1n) is 3.82. The molecule has 0 aliphatic heterocycles. The number of hydrogen-bond donors (Lipinski definition) is 1. The Morgan fingerprint density at radius 3 is 2.79 bits per heavy atom. The number of hydrogen-bond acceptors (Lipinski definition) is 4. The minimum atomic E-state index is -0.460. The van der Waals surface area contributed by atoms with Gasteiger partial charge in [-0.3, -0.25) is 10.1 Å². The van der Waals surface area contributed by atoms with Crippen molar-refractivity contribution in [3.8, 4) is 5.75 Å². The van der Waals surface area contributed by atoms with E-state index in [4.69, 9.17) is 4.74 Å². The molecule has 0 fully saturated rings. The summed E-state index contributed by atoms with van der Waals surface area (Å²) in [6, 6.07) is 4.48. The van der Waals surface area contributed by atoms with Crippen LogP contribution in [0.4, 0.5) is 5.69 Å². The van der Waals surface area contributed by atoms with E-state index in [-0.39, 0.29) is 5.69 Å². The van der Waals surface area contributed by atoms with E-state index in [1.807, 2.05) is 0 Å². The number of nitro benzene ring substituents is 1. The normalized spacial score (nSPS) is 9.86. The SMILES string of the molecule is O=[N+]([O-])c1cc(Br)cc(OCCS)c1. The monoisotopic (exact) mass is 277 g/mol. The van der Waals surface area contributed by atoms with Crippen molar-refractivity contribution in [2.75, 3.05) is 12.4 Å². The summed E-state index contributed by atoms with van der Waals surface area (Å²) in [4.78, 5) is 10.0. The van der Waals surface area contributed by atoms with Crippen molar-refractivity contribution in [3.63, 3.8) is 0 Å². The fourth-order valence-electron chi connectivity index (χ4n) is 0.900. The summed E-state index contributed by atoms with van der Waals surface area (Å²) in [5.74, 6) is 1.04. The van der Waals surface area contributed by atoms with Crippen LogP contribution in [0.3, 0.4) is 0 Å². The molecule has 0 aliphatic carbocycles. The summed E-state index contributed by atoms with van der Waals surface area (Å²) >= 11 is 7.14. The summed E-state index contributed by atoms with van der Waals surface area (Å²) in [6.45, 7) is 0.427. The van der Waals surface area contributed by atoms with E-state index in [0.29, 0.717) is 22.6 Å². The van der Waals surface area contributed by atoms with Crippen molar-refractivity contribution in [1.29, 1.82) is 0 Å². The summed E-state index contributed by atoms with van der Waals surface area (Å²) in [5, 5.41) is 10.5. The summed E-state index contributed by atoms with van der Waals surface area (Å²) < 4.78 is 5.84. The molecule has 76 valence electrons. The highest BCUT2D eigenvalue weighted by atomic mass is 79.9. The molecular formula is C8H8BrNO3S. The largest absolute Gasteiger partial charge is 0.492 e. The first-order valence-corrected chi connectivity index (χ1v) is 5.24. The third-order valence-corrected chi connectivity index (χ3v) is 2.07. The first kappa shape index (κ1) is 11.3. The maximum absolute atomic E-state index is 10.5. The topological polar surface area (TPSA) is 52.4 Å². The summed E-state index contributed by atoms with van der Waals surface area (Å²) in [5.41, 5.74) is 0.00791. The van der Waals surface area contributed by atoms with Crippen molar-refractivity contribution in [2.24, 2.45) is 0 Å². The van der Waals surface area contributed by atoms with E-state index in [9.17, 15) is 10.1 Å². The van der Waals surface area contributed by atoms with E-state index in [0.717, 1.165) is 0 Å². The van der Waals surface area contributed by atoms with Gasteiger partial charge in [-0.25, -0.2) is 0 Å². The molecule has 1 rings (SSSR count). The van der Waals surface area contributed by atoms with Crippen LogP contribution in [0.5, 0.6) is 5.75 Å². The van der Waals surface area contributed by atoms with E-state index >= 15 is 0 Å². The Bertz CT molecular complexity index is 345. The maximum atomic E-state index is 10.5. The molecule has 0 radical (unpaired) electrons. The van der Waals surface area contributed by atoms with Crippen LogP contribution in [0, 0.1) is 10.1 Å². The van der Waals surface area contributed by atoms with Crippen LogP contribution in [0.15, 0.2) is 22.7 Å². The summed E-state index contributed by atoms with van der Waals surface area (Å²) in [6.07, 6.45) is 0. The zero-order chi connectivity index (χ0) is 10.6. The van der Waals surface area contributed by atoms with Crippen LogP contribution in [-0.2, 0) is 0 Å². The van der Waals surface area contributed by atoms with Gasteiger partial charge in [0.1, 0.15) is 5.75 Å². The minimum absolute atomic E-state index is 0.00791. The average Bonchev–Trinajstić information content (AvgIpc) is 2.14. The molecular weight excluding hydrogens is 270 g/mol. The Morgan fingerprint density at radius 2 is 2.21 bits per heavy atom. The number of nitro groups is 1. The Labute approximate surface area is 95.0 Å². The van der Waals surface area contributed by atoms with Gasteiger partial charge < -0.3 is 4.74 Å². The van der Waals surface area contributed by atoms with Crippen LogP contribution < -0.4 is 4.74 Å². The Hall–Kier alpha value is -0.750. The molecule has 14 heavy (non-hydrogen) atoms. The van der Waals surface area contributed by atoms with Crippen molar-refractivity contribution in [1.82, 2.24) is 0 Å². The van der Waals surface area contributed by atoms with Gasteiger partial charge in [0.15, 0.2) is 0 Å². The second-order valence-corrected chi connectivity index (χ2v) is 3.84. The van der Waals surface area contributed by atoms with Gasteiger partial charge in [-0.15, -0.1) is 0 Å². The molecule has 0 spiro atoms. The molecule has 0 bridgehead atoms. The zero-order valence-corrected chi connectivity index (χ0v) is 9.62. The lowest BCUT2D eigenvalue weighted by Crippen LogP contribution is -1.98. The fourth-order valence-corrected chi connectivity index (χ4v) is 1.45. The highest BCUT2D eigenvalue weighted by Crippen LogP contribution is 2.25. The highest BCUT2D eigenvalue weighted by molar-refractivity contribution is 9.10. The van der Waals surface area contributed by atoms with E-state index < -0.39 is 4.92 Å². The molecule has 4 nitrogen and oxygen atoms in total. The molecule has 6 heteroatoms. The van der Waals surface area contributed by atoms with Crippen LogP contribution in [0.25, 0.3) is 0 Å². The number of rotatable bonds is 4. The Balaban J connectivity index is 2.89. The number of thiol groups is 1. The Morgan fingerprint density at radius 1 is 1.50 bits per heavy atom. The smallest absolute Gasteiger partial charge is 0.274 e. The molecule has 0 aromatic heterocycles. The lowest BCUT2D eigenvalue weighted by molar-refractivity contribution is -0.385. The number of nitrogens with zero attached hydrogens (tertiary/aromatic N) is 1. The standard InChI is InChI=1S/C8H8BrNO3S/c9-6-3-7(10(11)12)5-8(4-6)13-1-2-14/h3-5,14H,1-2H2. The molecule has 0 saturated heterocycles. The van der Waals surface area contributed by atoms with Gasteiger partial charge in [0, 0.05) is 16.3 Å². The predicted molar refractivity (Wildman–Crippen MR) is 60.1 cm³/mol. The maximum Gasteiger partial charge on any atom is 0.274 e. The zero-order valence-electron chi connectivity index (χ0n) is 7.14. The second kappa shape index (κ2) is 5.21. The van der Waals surface area contributed by atoms with Crippen molar-refractivity contribution in [2.45, 2.75) is 0 Å². The van der Waals surface area contributed by atoms with Gasteiger partial charge in [0.2, 0.25) is 0 Å². The number of benzene rings is 1. The van der Waals surface area contributed by atoms with Gasteiger partial charge in [0.05, 0.1) is 17.6 Å². The fraction of sp³-hybridized carbons (Fsp3) is 0.250. The lowest BCUT2D eigenvalue weighted by Gasteiger charge is -2.04. The van der Waals surface area contributed by atoms with E-state index in [1.165, 1.54) is 12.1 Å². The molecule has 1 aromatic rings. The number of non-ortho nitro benzene ring substituents is 1. The van der Waals surface area contributed by atoms with Gasteiger partial charge >= 0.3 is 0 Å². The van der Waals surface area contributed by atoms with Crippen LogP contribution >= 0.6 is 28.6 Å². The second-order valence-electron chi connectivity index (χ2n) is 2.47. The van der Waals surface area contributed by atoms with Crippen LogP contribution in [0.2, 0.25) is 0 Å². The van der Waals surface area contributed by atoms with E-state index in [1.54, 1.807) is 6.07 Å². The molecule has 0 heterocycles. The van der Waals surface area contributed by atoms with Crippen molar-refractivity contribution >= 4 is 34.2 Å². The molecule has 0 unspecified atom stereocenters. The molecule has 0 atom stereocenters. The van der Waals surface area contributed by atoms with E-state index in [2.05, 4.69) is 28.6 Å². The van der Waals surface area contributed by atoms with Gasteiger partial charge in [0.25, 0.3) is 5.69 Å². The Kier molecular flexibility index (Phi) is 4.21. The first-order chi connectivity index (χ1) is 6.63. The molecule has 0 saturated carbocycles.